The fourth-order valence-electron chi connectivity index (χ4n) is 3.09. The first kappa shape index (κ1) is 21.1. The van der Waals surface area contributed by atoms with Crippen LogP contribution in [0.1, 0.15) is 35.7 Å². The quantitative estimate of drug-likeness (QED) is 0.470. The van der Waals surface area contributed by atoms with Crippen molar-refractivity contribution in [2.45, 2.75) is 24.7 Å². The minimum atomic E-state index is -3.53. The summed E-state index contributed by atoms with van der Waals surface area (Å²) < 4.78 is 27.0. The highest BCUT2D eigenvalue weighted by molar-refractivity contribution is 7.89. The molecule has 148 valence electrons. The molecule has 0 spiro atoms. The lowest BCUT2D eigenvalue weighted by molar-refractivity contribution is 0.104. The van der Waals surface area contributed by atoms with Crippen LogP contribution >= 0.6 is 23.2 Å². The highest BCUT2D eigenvalue weighted by Crippen LogP contribution is 2.26. The topological polar surface area (TPSA) is 54.5 Å². The molecule has 7 heteroatoms. The van der Waals surface area contributed by atoms with Crippen molar-refractivity contribution in [1.82, 2.24) is 4.31 Å². The van der Waals surface area contributed by atoms with E-state index >= 15 is 0 Å². The van der Waals surface area contributed by atoms with Gasteiger partial charge in [0, 0.05) is 34.3 Å². The summed E-state index contributed by atoms with van der Waals surface area (Å²) in [6.07, 6.45) is 4.67. The van der Waals surface area contributed by atoms with Gasteiger partial charge in [0.2, 0.25) is 10.0 Å². The SMILES string of the molecule is CC1CCN(S(=O)(=O)c2ccc(C(=O)/C=C/c3c(Cl)cccc3Cl)cc2)CC1. The van der Waals surface area contributed by atoms with Crippen molar-refractivity contribution < 1.29 is 13.2 Å². The number of nitrogens with zero attached hydrogens (tertiary/aromatic N) is 1. The molecule has 0 aromatic heterocycles. The average Bonchev–Trinajstić information content (AvgIpc) is 2.68. The molecule has 0 amide bonds. The van der Waals surface area contributed by atoms with Crippen LogP contribution in [0.25, 0.3) is 6.08 Å². The predicted molar refractivity (Wildman–Crippen MR) is 113 cm³/mol. The van der Waals surface area contributed by atoms with E-state index in [9.17, 15) is 13.2 Å². The summed E-state index contributed by atoms with van der Waals surface area (Å²) in [4.78, 5) is 12.6. The third-order valence-corrected chi connectivity index (χ3v) is 7.49. The summed E-state index contributed by atoms with van der Waals surface area (Å²) >= 11 is 12.2. The van der Waals surface area contributed by atoms with Gasteiger partial charge in [0.15, 0.2) is 5.78 Å². The van der Waals surface area contributed by atoms with Crippen molar-refractivity contribution in [2.24, 2.45) is 5.92 Å². The number of benzene rings is 2. The number of allylic oxidation sites excluding steroid dienone is 1. The number of hydrogen-bond donors (Lipinski definition) is 0. The van der Waals surface area contributed by atoms with E-state index in [4.69, 9.17) is 23.2 Å². The van der Waals surface area contributed by atoms with Crippen LogP contribution < -0.4 is 0 Å². The second-order valence-corrected chi connectivity index (χ2v) is 9.70. The van der Waals surface area contributed by atoms with Gasteiger partial charge < -0.3 is 0 Å². The van der Waals surface area contributed by atoms with Crippen molar-refractivity contribution in [1.29, 1.82) is 0 Å². The Morgan fingerprint density at radius 1 is 1.04 bits per heavy atom. The van der Waals surface area contributed by atoms with E-state index in [-0.39, 0.29) is 10.7 Å². The molecular weight excluding hydrogens is 417 g/mol. The van der Waals surface area contributed by atoms with Gasteiger partial charge in [0.25, 0.3) is 0 Å². The molecule has 0 bridgehead atoms. The van der Waals surface area contributed by atoms with Crippen molar-refractivity contribution in [2.75, 3.05) is 13.1 Å². The zero-order valence-corrected chi connectivity index (χ0v) is 17.8. The molecule has 0 aliphatic carbocycles. The summed E-state index contributed by atoms with van der Waals surface area (Å²) in [7, 11) is -3.53. The zero-order valence-electron chi connectivity index (χ0n) is 15.4. The minimum absolute atomic E-state index is 0.205. The normalized spacial score (nSPS) is 16.5. The van der Waals surface area contributed by atoms with E-state index in [1.165, 1.54) is 34.6 Å². The first-order chi connectivity index (χ1) is 13.3. The van der Waals surface area contributed by atoms with E-state index in [0.717, 1.165) is 12.8 Å². The highest BCUT2D eigenvalue weighted by atomic mass is 35.5. The Morgan fingerprint density at radius 2 is 1.61 bits per heavy atom. The lowest BCUT2D eigenvalue weighted by atomic mass is 10.0. The number of carbonyl (C=O) groups excluding carboxylic acids is 1. The number of ketones is 1. The Balaban J connectivity index is 1.75. The largest absolute Gasteiger partial charge is 0.289 e. The van der Waals surface area contributed by atoms with Crippen LogP contribution in [0, 0.1) is 5.92 Å². The van der Waals surface area contributed by atoms with Crippen LogP contribution in [0.15, 0.2) is 53.4 Å². The first-order valence-electron chi connectivity index (χ1n) is 9.05. The number of sulfonamides is 1. The van der Waals surface area contributed by atoms with E-state index in [0.29, 0.717) is 40.2 Å². The van der Waals surface area contributed by atoms with Crippen LogP contribution in [0.4, 0.5) is 0 Å². The van der Waals surface area contributed by atoms with Crippen LogP contribution in [0.5, 0.6) is 0 Å². The van der Waals surface area contributed by atoms with E-state index < -0.39 is 10.0 Å². The molecule has 4 nitrogen and oxygen atoms in total. The summed E-state index contributed by atoms with van der Waals surface area (Å²) in [5, 5.41) is 0.905. The molecule has 0 N–H and O–H groups in total. The van der Waals surface area contributed by atoms with Gasteiger partial charge in [-0.3, -0.25) is 4.79 Å². The molecule has 0 radical (unpaired) electrons. The van der Waals surface area contributed by atoms with E-state index in [2.05, 4.69) is 6.92 Å². The molecule has 1 aliphatic heterocycles. The second-order valence-electron chi connectivity index (χ2n) is 6.94. The molecule has 1 fully saturated rings. The molecule has 1 heterocycles. The van der Waals surface area contributed by atoms with Gasteiger partial charge >= 0.3 is 0 Å². The molecule has 2 aromatic rings. The summed E-state index contributed by atoms with van der Waals surface area (Å²) in [6, 6.07) is 11.1. The molecule has 0 saturated carbocycles. The van der Waals surface area contributed by atoms with E-state index in [1.54, 1.807) is 24.3 Å². The minimum Gasteiger partial charge on any atom is -0.289 e. The van der Waals surface area contributed by atoms with Crippen molar-refractivity contribution in [3.8, 4) is 0 Å². The molecule has 2 aromatic carbocycles. The number of carbonyl (C=O) groups is 1. The Kier molecular flexibility index (Phi) is 6.61. The summed E-state index contributed by atoms with van der Waals surface area (Å²) in [5.74, 6) is 0.289. The lowest BCUT2D eigenvalue weighted by Crippen LogP contribution is -2.37. The van der Waals surface area contributed by atoms with Crippen molar-refractivity contribution >= 4 is 45.1 Å². The monoisotopic (exact) mass is 437 g/mol. The van der Waals surface area contributed by atoms with Gasteiger partial charge in [0.1, 0.15) is 0 Å². The Morgan fingerprint density at radius 3 is 2.18 bits per heavy atom. The van der Waals surface area contributed by atoms with Gasteiger partial charge in [-0.15, -0.1) is 0 Å². The standard InChI is InChI=1S/C21H21Cl2NO3S/c1-15-11-13-24(14-12-15)28(26,27)17-7-5-16(6-8-17)21(25)10-9-18-19(22)3-2-4-20(18)23/h2-10,15H,11-14H2,1H3/b10-9+. The predicted octanol–water partition coefficient (Wildman–Crippen LogP) is 5.31. The van der Waals surface area contributed by atoms with Gasteiger partial charge in [-0.25, -0.2) is 8.42 Å². The van der Waals surface area contributed by atoms with Crippen LogP contribution in [-0.2, 0) is 10.0 Å². The van der Waals surface area contributed by atoms with Gasteiger partial charge in [-0.1, -0.05) is 36.2 Å². The van der Waals surface area contributed by atoms with Gasteiger partial charge in [-0.05, 0) is 67.3 Å². The number of piperidine rings is 1. The maximum atomic E-state index is 12.8. The fraction of sp³-hybridized carbons (Fsp3) is 0.286. The van der Waals surface area contributed by atoms with Gasteiger partial charge in [-0.2, -0.15) is 4.31 Å². The summed E-state index contributed by atoms with van der Waals surface area (Å²) in [6.45, 7) is 3.20. The lowest BCUT2D eigenvalue weighted by Gasteiger charge is -2.29. The number of halogens is 2. The molecule has 28 heavy (non-hydrogen) atoms. The average molecular weight is 438 g/mol. The maximum absolute atomic E-state index is 12.8. The Hall–Kier alpha value is -1.66. The van der Waals surface area contributed by atoms with Crippen LogP contribution in [-0.4, -0.2) is 31.6 Å². The maximum Gasteiger partial charge on any atom is 0.243 e. The van der Waals surface area contributed by atoms with Crippen LogP contribution in [0.2, 0.25) is 10.0 Å². The molecule has 1 aliphatic rings. The first-order valence-corrected chi connectivity index (χ1v) is 11.3. The zero-order chi connectivity index (χ0) is 20.3. The van der Waals surface area contributed by atoms with Crippen LogP contribution in [0.3, 0.4) is 0 Å². The second kappa shape index (κ2) is 8.78. The van der Waals surface area contributed by atoms with Crippen molar-refractivity contribution in [3.05, 3.63) is 69.7 Å². The van der Waals surface area contributed by atoms with Gasteiger partial charge in [0.05, 0.1) is 4.90 Å². The number of hydrogen-bond acceptors (Lipinski definition) is 3. The Labute approximate surface area is 175 Å². The molecule has 0 atom stereocenters. The van der Waals surface area contributed by atoms with E-state index in [1.807, 2.05) is 0 Å². The molecule has 0 unspecified atom stereocenters. The molecule has 3 rings (SSSR count). The fourth-order valence-corrected chi connectivity index (χ4v) is 5.08. The summed E-state index contributed by atoms with van der Waals surface area (Å²) in [5.41, 5.74) is 0.961. The highest BCUT2D eigenvalue weighted by Gasteiger charge is 2.28. The third kappa shape index (κ3) is 4.66. The van der Waals surface area contributed by atoms with Crippen molar-refractivity contribution in [3.63, 3.8) is 0 Å². The molecular formula is C21H21Cl2NO3S. The Bertz CT molecular complexity index is 973. The number of rotatable bonds is 5. The smallest absolute Gasteiger partial charge is 0.243 e. The molecule has 1 saturated heterocycles. The third-order valence-electron chi connectivity index (χ3n) is 4.92.